The van der Waals surface area contributed by atoms with Crippen LogP contribution in [0.3, 0.4) is 0 Å². The summed E-state index contributed by atoms with van der Waals surface area (Å²) in [6.07, 6.45) is 0. The van der Waals surface area contributed by atoms with Gasteiger partial charge in [-0.15, -0.1) is 0 Å². The first-order chi connectivity index (χ1) is 10.1. The maximum atomic E-state index is 13.5. The normalized spacial score (nSPS) is 9.76. The molecule has 6 heteroatoms. The lowest BCUT2D eigenvalue weighted by molar-refractivity contribution is -0.118. The van der Waals surface area contributed by atoms with Crippen LogP contribution in [0, 0.1) is 17.1 Å². The van der Waals surface area contributed by atoms with E-state index in [1.807, 2.05) is 6.07 Å². The van der Waals surface area contributed by atoms with Crippen LogP contribution >= 0.6 is 15.9 Å². The Balaban J connectivity index is 2.00. The van der Waals surface area contributed by atoms with Gasteiger partial charge in [0.25, 0.3) is 5.91 Å². The fourth-order valence-corrected chi connectivity index (χ4v) is 1.97. The first kappa shape index (κ1) is 15.0. The van der Waals surface area contributed by atoms with Crippen molar-refractivity contribution in [1.29, 1.82) is 5.26 Å². The maximum Gasteiger partial charge on any atom is 0.262 e. The Hall–Kier alpha value is -2.39. The van der Waals surface area contributed by atoms with Crippen molar-refractivity contribution >= 4 is 27.5 Å². The molecule has 0 aliphatic rings. The van der Waals surface area contributed by atoms with Crippen molar-refractivity contribution in [3.63, 3.8) is 0 Å². The highest BCUT2D eigenvalue weighted by Crippen LogP contribution is 2.20. The van der Waals surface area contributed by atoms with E-state index >= 15 is 0 Å². The third-order valence-electron chi connectivity index (χ3n) is 2.57. The molecule has 0 unspecified atom stereocenters. The van der Waals surface area contributed by atoms with E-state index in [9.17, 15) is 9.18 Å². The predicted molar refractivity (Wildman–Crippen MR) is 79.4 cm³/mol. The minimum atomic E-state index is -0.538. The molecular weight excluding hydrogens is 339 g/mol. The Morgan fingerprint density at radius 3 is 2.86 bits per heavy atom. The molecule has 0 aliphatic carbocycles. The fraction of sp³-hybridized carbons (Fsp3) is 0.0667. The molecule has 1 amide bonds. The Labute approximate surface area is 129 Å². The molecule has 2 rings (SSSR count). The van der Waals surface area contributed by atoms with E-state index in [0.29, 0.717) is 15.8 Å². The van der Waals surface area contributed by atoms with E-state index in [1.54, 1.807) is 24.3 Å². The molecule has 0 fully saturated rings. The summed E-state index contributed by atoms with van der Waals surface area (Å²) in [5.41, 5.74) is 0.394. The number of hydrogen-bond acceptors (Lipinski definition) is 3. The number of halogens is 2. The van der Waals surface area contributed by atoms with Crippen molar-refractivity contribution in [3.8, 4) is 11.8 Å². The highest BCUT2D eigenvalue weighted by molar-refractivity contribution is 9.10. The van der Waals surface area contributed by atoms with Crippen LogP contribution in [-0.4, -0.2) is 12.5 Å². The van der Waals surface area contributed by atoms with Gasteiger partial charge in [0.1, 0.15) is 17.6 Å². The number of nitrogens with one attached hydrogen (secondary N) is 1. The number of benzene rings is 2. The number of rotatable bonds is 4. The minimum absolute atomic E-state index is 0.0616. The largest absolute Gasteiger partial charge is 0.482 e. The van der Waals surface area contributed by atoms with Gasteiger partial charge >= 0.3 is 0 Å². The number of amides is 1. The number of anilines is 1. The SMILES string of the molecule is N#Cc1ccccc1OCC(=O)Nc1cc(Br)ccc1F. The summed E-state index contributed by atoms with van der Waals surface area (Å²) in [5, 5.41) is 11.3. The second-order valence-corrected chi connectivity index (χ2v) is 4.98. The van der Waals surface area contributed by atoms with E-state index in [4.69, 9.17) is 10.00 Å². The Bertz CT molecular complexity index is 713. The van der Waals surface area contributed by atoms with Gasteiger partial charge in [-0.1, -0.05) is 28.1 Å². The van der Waals surface area contributed by atoms with Gasteiger partial charge < -0.3 is 10.1 Å². The van der Waals surface area contributed by atoms with E-state index in [2.05, 4.69) is 21.2 Å². The zero-order valence-corrected chi connectivity index (χ0v) is 12.4. The van der Waals surface area contributed by atoms with Crippen molar-refractivity contribution < 1.29 is 13.9 Å². The second kappa shape index (κ2) is 6.86. The van der Waals surface area contributed by atoms with E-state index in [0.717, 1.165) is 0 Å². The summed E-state index contributed by atoms with van der Waals surface area (Å²) in [6, 6.07) is 12.8. The summed E-state index contributed by atoms with van der Waals surface area (Å²) in [5.74, 6) is -0.742. The number of hydrogen-bond donors (Lipinski definition) is 1. The number of nitriles is 1. The average molecular weight is 349 g/mol. The van der Waals surface area contributed by atoms with Gasteiger partial charge in [0.05, 0.1) is 11.3 Å². The third-order valence-corrected chi connectivity index (χ3v) is 3.06. The van der Waals surface area contributed by atoms with Gasteiger partial charge in [0.15, 0.2) is 6.61 Å². The molecule has 0 aromatic heterocycles. The summed E-state index contributed by atoms with van der Waals surface area (Å²) in [6.45, 7) is -0.315. The summed E-state index contributed by atoms with van der Waals surface area (Å²) in [4.78, 5) is 11.7. The van der Waals surface area contributed by atoms with Crippen molar-refractivity contribution in [3.05, 3.63) is 58.3 Å². The van der Waals surface area contributed by atoms with Gasteiger partial charge in [-0.3, -0.25) is 4.79 Å². The van der Waals surface area contributed by atoms with Crippen LogP contribution in [-0.2, 0) is 4.79 Å². The van der Waals surface area contributed by atoms with Crippen LogP contribution in [0.1, 0.15) is 5.56 Å². The van der Waals surface area contributed by atoms with Gasteiger partial charge in [-0.2, -0.15) is 5.26 Å². The molecule has 4 nitrogen and oxygen atoms in total. The summed E-state index contributed by atoms with van der Waals surface area (Å²) in [7, 11) is 0. The number of nitrogens with zero attached hydrogens (tertiary/aromatic N) is 1. The molecule has 2 aromatic carbocycles. The van der Waals surface area contributed by atoms with Crippen molar-refractivity contribution in [2.24, 2.45) is 0 Å². The number of ether oxygens (including phenoxy) is 1. The van der Waals surface area contributed by atoms with Gasteiger partial charge in [-0.05, 0) is 30.3 Å². The lowest BCUT2D eigenvalue weighted by Gasteiger charge is -2.09. The maximum absolute atomic E-state index is 13.5. The van der Waals surface area contributed by atoms with Gasteiger partial charge in [-0.25, -0.2) is 4.39 Å². The number of carbonyl (C=O) groups is 1. The quantitative estimate of drug-likeness (QED) is 0.919. The molecule has 0 bridgehead atoms. The first-order valence-corrected chi connectivity index (χ1v) is 6.76. The molecule has 0 atom stereocenters. The molecule has 106 valence electrons. The van der Waals surface area contributed by atoms with E-state index in [1.165, 1.54) is 18.2 Å². The van der Waals surface area contributed by atoms with Crippen LogP contribution in [0.15, 0.2) is 46.9 Å². The zero-order chi connectivity index (χ0) is 15.2. The van der Waals surface area contributed by atoms with Crippen LogP contribution < -0.4 is 10.1 Å². The minimum Gasteiger partial charge on any atom is -0.482 e. The Morgan fingerprint density at radius 2 is 2.10 bits per heavy atom. The smallest absolute Gasteiger partial charge is 0.262 e. The predicted octanol–water partition coefficient (Wildman–Crippen LogP) is 3.48. The van der Waals surface area contributed by atoms with E-state index < -0.39 is 11.7 Å². The molecule has 0 aliphatic heterocycles. The summed E-state index contributed by atoms with van der Waals surface area (Å²) < 4.78 is 19.4. The molecule has 2 aromatic rings. The highest BCUT2D eigenvalue weighted by atomic mass is 79.9. The van der Waals surface area contributed by atoms with Crippen LogP contribution in [0.4, 0.5) is 10.1 Å². The van der Waals surface area contributed by atoms with E-state index in [-0.39, 0.29) is 12.3 Å². The van der Waals surface area contributed by atoms with Gasteiger partial charge in [0, 0.05) is 4.47 Å². The lowest BCUT2D eigenvalue weighted by Crippen LogP contribution is -2.21. The van der Waals surface area contributed by atoms with Crippen molar-refractivity contribution in [1.82, 2.24) is 0 Å². The number of para-hydroxylation sites is 1. The zero-order valence-electron chi connectivity index (χ0n) is 10.8. The standard InChI is InChI=1S/C15H10BrFN2O2/c16-11-5-6-12(17)13(7-11)19-15(20)9-21-14-4-2-1-3-10(14)8-18/h1-7H,9H2,(H,19,20). The topological polar surface area (TPSA) is 62.1 Å². The Morgan fingerprint density at radius 1 is 1.33 bits per heavy atom. The van der Waals surface area contributed by atoms with Crippen LogP contribution in [0.5, 0.6) is 5.75 Å². The molecule has 21 heavy (non-hydrogen) atoms. The average Bonchev–Trinajstić information content (AvgIpc) is 2.49. The molecular formula is C15H10BrFN2O2. The molecule has 0 saturated carbocycles. The van der Waals surface area contributed by atoms with Crippen LogP contribution in [0.25, 0.3) is 0 Å². The van der Waals surface area contributed by atoms with Gasteiger partial charge in [0.2, 0.25) is 0 Å². The molecule has 0 spiro atoms. The molecule has 0 radical (unpaired) electrons. The lowest BCUT2D eigenvalue weighted by atomic mass is 10.2. The third kappa shape index (κ3) is 4.04. The van der Waals surface area contributed by atoms with Crippen molar-refractivity contribution in [2.45, 2.75) is 0 Å². The molecule has 0 heterocycles. The second-order valence-electron chi connectivity index (χ2n) is 4.07. The molecule has 1 N–H and O–H groups in total. The highest BCUT2D eigenvalue weighted by Gasteiger charge is 2.09. The monoisotopic (exact) mass is 348 g/mol. The van der Waals surface area contributed by atoms with Crippen molar-refractivity contribution in [2.75, 3.05) is 11.9 Å². The number of carbonyl (C=O) groups excluding carboxylic acids is 1. The Kier molecular flexibility index (Phi) is 4.90. The summed E-state index contributed by atoms with van der Waals surface area (Å²) >= 11 is 3.20. The van der Waals surface area contributed by atoms with Crippen LogP contribution in [0.2, 0.25) is 0 Å². The molecule has 0 saturated heterocycles. The fourth-order valence-electron chi connectivity index (χ4n) is 1.61. The first-order valence-electron chi connectivity index (χ1n) is 5.97.